The molecule has 0 amide bonds. The first-order valence-corrected chi connectivity index (χ1v) is 8.30. The van der Waals surface area contributed by atoms with Crippen LogP contribution in [-0.4, -0.2) is 26.7 Å². The molecule has 0 spiro atoms. The fraction of sp³-hybridized carbons (Fsp3) is 0.636. The predicted molar refractivity (Wildman–Crippen MR) is 74.6 cm³/mol. The molecule has 104 valence electrons. The van der Waals surface area contributed by atoms with Crippen LogP contribution in [0.1, 0.15) is 26.7 Å². The third-order valence-electron chi connectivity index (χ3n) is 2.56. The highest BCUT2D eigenvalue weighted by molar-refractivity contribution is 7.91. The van der Waals surface area contributed by atoms with Crippen molar-refractivity contribution in [2.24, 2.45) is 5.41 Å². The maximum absolute atomic E-state index is 11.8. The molecule has 18 heavy (non-hydrogen) atoms. The summed E-state index contributed by atoms with van der Waals surface area (Å²) in [7, 11) is -3.44. The zero-order valence-electron chi connectivity index (χ0n) is 10.4. The second-order valence-electron chi connectivity index (χ2n) is 4.88. The molecule has 0 radical (unpaired) electrons. The maximum Gasteiger partial charge on any atom is 0.250 e. The van der Waals surface area contributed by atoms with Crippen molar-refractivity contribution in [3.63, 3.8) is 0 Å². The highest BCUT2D eigenvalue weighted by Gasteiger charge is 2.18. The molecule has 0 unspecified atom stereocenters. The van der Waals surface area contributed by atoms with Gasteiger partial charge in [0.1, 0.15) is 4.21 Å². The van der Waals surface area contributed by atoms with E-state index < -0.39 is 10.0 Å². The Balaban J connectivity index is 2.44. The first-order valence-electron chi connectivity index (χ1n) is 5.63. The van der Waals surface area contributed by atoms with Gasteiger partial charge >= 0.3 is 0 Å². The van der Waals surface area contributed by atoms with Gasteiger partial charge in [0.15, 0.2) is 0 Å². The van der Waals surface area contributed by atoms with Crippen LogP contribution in [0.4, 0.5) is 0 Å². The molecule has 1 aromatic heterocycles. The smallest absolute Gasteiger partial charge is 0.250 e. The summed E-state index contributed by atoms with van der Waals surface area (Å²) in [6, 6.07) is 3.06. The summed E-state index contributed by atoms with van der Waals surface area (Å²) in [6.07, 6.45) is 1.45. The molecule has 0 saturated heterocycles. The van der Waals surface area contributed by atoms with Crippen molar-refractivity contribution in [1.82, 2.24) is 4.72 Å². The lowest BCUT2D eigenvalue weighted by Gasteiger charge is -2.21. The molecular formula is C11H18ClNO3S2. The van der Waals surface area contributed by atoms with Gasteiger partial charge < -0.3 is 5.11 Å². The van der Waals surface area contributed by atoms with Crippen LogP contribution in [0, 0.1) is 5.41 Å². The monoisotopic (exact) mass is 311 g/mol. The number of nitrogens with one attached hydrogen (secondary N) is 1. The van der Waals surface area contributed by atoms with E-state index in [1.165, 1.54) is 6.07 Å². The van der Waals surface area contributed by atoms with E-state index in [1.807, 2.05) is 13.8 Å². The topological polar surface area (TPSA) is 66.4 Å². The van der Waals surface area contributed by atoms with Crippen LogP contribution in [0.3, 0.4) is 0 Å². The number of rotatable bonds is 7. The minimum absolute atomic E-state index is 0.0975. The minimum atomic E-state index is -3.44. The Kier molecular flexibility index (Phi) is 5.61. The predicted octanol–water partition coefficient (Wildman–Crippen LogP) is 2.48. The summed E-state index contributed by atoms with van der Waals surface area (Å²) >= 11 is 6.74. The van der Waals surface area contributed by atoms with E-state index in [4.69, 9.17) is 16.7 Å². The molecule has 2 N–H and O–H groups in total. The molecule has 1 rings (SSSR count). The zero-order valence-corrected chi connectivity index (χ0v) is 12.8. The van der Waals surface area contributed by atoms with Gasteiger partial charge in [-0.3, -0.25) is 0 Å². The molecule has 7 heteroatoms. The number of hydrogen-bond acceptors (Lipinski definition) is 4. The number of halogens is 1. The van der Waals surface area contributed by atoms with Crippen LogP contribution in [0.5, 0.6) is 0 Å². The van der Waals surface area contributed by atoms with Crippen molar-refractivity contribution in [1.29, 1.82) is 0 Å². The molecule has 0 aliphatic heterocycles. The lowest BCUT2D eigenvalue weighted by Crippen LogP contribution is -2.26. The molecule has 4 nitrogen and oxygen atoms in total. The van der Waals surface area contributed by atoms with Crippen LogP contribution >= 0.6 is 22.9 Å². The SMILES string of the molecule is CC(C)(CO)CCCNS(=O)(=O)c1ccc(Cl)s1. The van der Waals surface area contributed by atoms with Crippen LogP contribution in [0.25, 0.3) is 0 Å². The highest BCUT2D eigenvalue weighted by Crippen LogP contribution is 2.25. The molecular weight excluding hydrogens is 294 g/mol. The van der Waals surface area contributed by atoms with E-state index in [9.17, 15) is 8.42 Å². The van der Waals surface area contributed by atoms with Crippen LogP contribution in [-0.2, 0) is 10.0 Å². The Morgan fingerprint density at radius 1 is 1.44 bits per heavy atom. The van der Waals surface area contributed by atoms with Crippen molar-refractivity contribution < 1.29 is 13.5 Å². The number of sulfonamides is 1. The van der Waals surface area contributed by atoms with E-state index in [1.54, 1.807) is 6.07 Å². The van der Waals surface area contributed by atoms with Crippen molar-refractivity contribution in [3.05, 3.63) is 16.5 Å². The average Bonchev–Trinajstić information content (AvgIpc) is 2.72. The standard InChI is InChI=1S/C11H18ClNO3S2/c1-11(2,8-14)6-3-7-13-18(15,16)10-5-4-9(12)17-10/h4-5,13-14H,3,6-8H2,1-2H3. The van der Waals surface area contributed by atoms with Crippen LogP contribution < -0.4 is 4.72 Å². The number of aliphatic hydroxyl groups is 1. The van der Waals surface area contributed by atoms with E-state index in [2.05, 4.69) is 4.72 Å². The lowest BCUT2D eigenvalue weighted by molar-refractivity contribution is 0.148. The van der Waals surface area contributed by atoms with Gasteiger partial charge in [0, 0.05) is 13.2 Å². The summed E-state index contributed by atoms with van der Waals surface area (Å²) in [6.45, 7) is 4.35. The lowest BCUT2D eigenvalue weighted by atomic mass is 9.89. The summed E-state index contributed by atoms with van der Waals surface area (Å²) < 4.78 is 26.9. The molecule has 0 atom stereocenters. The molecule has 0 aromatic carbocycles. The third kappa shape index (κ3) is 4.85. The number of hydrogen-bond donors (Lipinski definition) is 2. The fourth-order valence-corrected chi connectivity index (χ4v) is 3.97. The van der Waals surface area contributed by atoms with Crippen molar-refractivity contribution in [2.45, 2.75) is 30.9 Å². The van der Waals surface area contributed by atoms with Crippen molar-refractivity contribution in [2.75, 3.05) is 13.2 Å². The van der Waals surface area contributed by atoms with Gasteiger partial charge in [-0.2, -0.15) is 0 Å². The Morgan fingerprint density at radius 2 is 2.11 bits per heavy atom. The van der Waals surface area contributed by atoms with E-state index >= 15 is 0 Å². The number of thiophene rings is 1. The van der Waals surface area contributed by atoms with E-state index in [-0.39, 0.29) is 16.2 Å². The quantitative estimate of drug-likeness (QED) is 0.760. The summed E-state index contributed by atoms with van der Waals surface area (Å²) in [5.74, 6) is 0. The second-order valence-corrected chi connectivity index (χ2v) is 8.59. The van der Waals surface area contributed by atoms with Gasteiger partial charge in [-0.05, 0) is 30.4 Å². The van der Waals surface area contributed by atoms with Crippen molar-refractivity contribution in [3.8, 4) is 0 Å². The van der Waals surface area contributed by atoms with Gasteiger partial charge in [0.2, 0.25) is 10.0 Å². The molecule has 1 heterocycles. The van der Waals surface area contributed by atoms with E-state index in [0.29, 0.717) is 17.3 Å². The normalized spacial score (nSPS) is 12.9. The average molecular weight is 312 g/mol. The largest absolute Gasteiger partial charge is 0.396 e. The molecule has 0 saturated carbocycles. The second kappa shape index (κ2) is 6.34. The molecule has 1 aromatic rings. The van der Waals surface area contributed by atoms with Gasteiger partial charge in [0.25, 0.3) is 0 Å². The minimum Gasteiger partial charge on any atom is -0.396 e. The Morgan fingerprint density at radius 3 is 2.61 bits per heavy atom. The van der Waals surface area contributed by atoms with Gasteiger partial charge in [-0.25, -0.2) is 13.1 Å². The summed E-state index contributed by atoms with van der Waals surface area (Å²) in [5.41, 5.74) is -0.169. The number of aliphatic hydroxyl groups excluding tert-OH is 1. The zero-order chi connectivity index (χ0) is 13.8. The Labute approximate surface area is 117 Å². The Hall–Kier alpha value is -0.140. The molecule has 0 bridgehead atoms. The molecule has 0 aliphatic rings. The first-order chi connectivity index (χ1) is 8.27. The Bertz CT molecular complexity index is 482. The van der Waals surface area contributed by atoms with Crippen LogP contribution in [0.2, 0.25) is 4.34 Å². The van der Waals surface area contributed by atoms with Gasteiger partial charge in [-0.1, -0.05) is 25.4 Å². The van der Waals surface area contributed by atoms with Gasteiger partial charge in [-0.15, -0.1) is 11.3 Å². The highest BCUT2D eigenvalue weighted by atomic mass is 35.5. The first kappa shape index (κ1) is 15.9. The van der Waals surface area contributed by atoms with Crippen molar-refractivity contribution >= 4 is 33.0 Å². The maximum atomic E-state index is 11.8. The fourth-order valence-electron chi connectivity index (χ4n) is 1.37. The van der Waals surface area contributed by atoms with E-state index in [0.717, 1.165) is 17.8 Å². The van der Waals surface area contributed by atoms with Crippen LogP contribution in [0.15, 0.2) is 16.3 Å². The molecule has 0 fully saturated rings. The molecule has 0 aliphatic carbocycles. The summed E-state index contributed by atoms with van der Waals surface area (Å²) in [4.78, 5) is 0. The summed E-state index contributed by atoms with van der Waals surface area (Å²) in [5, 5.41) is 9.08. The van der Waals surface area contributed by atoms with Gasteiger partial charge in [0.05, 0.1) is 4.34 Å². The third-order valence-corrected chi connectivity index (χ3v) is 5.75.